The van der Waals surface area contributed by atoms with Crippen molar-refractivity contribution in [2.45, 2.75) is 0 Å². The molecule has 6 heteroatoms. The van der Waals surface area contributed by atoms with Gasteiger partial charge in [-0.05, 0) is 65.0 Å². The Kier molecular flexibility index (Phi) is 7.13. The third-order valence-electron chi connectivity index (χ3n) is 11.3. The van der Waals surface area contributed by atoms with Crippen LogP contribution in [0.2, 0.25) is 0 Å². The minimum absolute atomic E-state index is 0.631. The highest BCUT2D eigenvalue weighted by Gasteiger charge is 2.19. The lowest BCUT2D eigenvalue weighted by Gasteiger charge is -2.13. The van der Waals surface area contributed by atoms with Crippen LogP contribution in [0.1, 0.15) is 0 Å². The molecule has 58 heavy (non-hydrogen) atoms. The first-order chi connectivity index (χ1) is 28.7. The number of hydrogen-bond acceptors (Lipinski definition) is 4. The fraction of sp³-hybridized carbons (Fsp3) is 0. The summed E-state index contributed by atoms with van der Waals surface area (Å²) in [5, 5.41) is 5.92. The Morgan fingerprint density at radius 3 is 1.55 bits per heavy atom. The molecule has 270 valence electrons. The topological polar surface area (TPSA) is 60.9 Å². The monoisotopic (exact) mass is 740 g/mol. The maximum Gasteiger partial charge on any atom is 0.164 e. The number of benzene rings is 8. The molecule has 0 unspecified atom stereocenters. The first-order valence-corrected chi connectivity index (χ1v) is 19.5. The molecule has 0 saturated carbocycles. The Balaban J connectivity index is 1.04. The number of para-hydroxylation sites is 3. The summed E-state index contributed by atoms with van der Waals surface area (Å²) in [6.45, 7) is 0. The number of rotatable bonds is 5. The van der Waals surface area contributed by atoms with E-state index in [-0.39, 0.29) is 0 Å². The minimum atomic E-state index is 0.631. The van der Waals surface area contributed by atoms with Gasteiger partial charge in [0.05, 0.1) is 27.6 Å². The summed E-state index contributed by atoms with van der Waals surface area (Å²) >= 11 is 0. The van der Waals surface area contributed by atoms with Gasteiger partial charge in [-0.2, -0.15) is 0 Å². The lowest BCUT2D eigenvalue weighted by molar-refractivity contribution is 1.07. The zero-order valence-corrected chi connectivity index (χ0v) is 31.2. The molecule has 4 heterocycles. The Morgan fingerprint density at radius 1 is 0.293 bits per heavy atom. The van der Waals surface area contributed by atoms with Crippen LogP contribution in [0.3, 0.4) is 0 Å². The molecular formula is C52H32N6. The SMILES string of the molecule is c1ccc(-c2nc(-c3ccccc3)nc(-c3cccc(-c4cccc(-n5c6ccccc6c6cc7c(cc65)c5ccccc5c5nc6ccccc6n75)c4)c3)n2)cc1. The summed E-state index contributed by atoms with van der Waals surface area (Å²) in [6.07, 6.45) is 0. The van der Waals surface area contributed by atoms with Gasteiger partial charge in [-0.3, -0.25) is 4.40 Å². The molecule has 0 radical (unpaired) electrons. The first-order valence-electron chi connectivity index (χ1n) is 19.5. The molecule has 0 atom stereocenters. The largest absolute Gasteiger partial charge is 0.309 e. The fourth-order valence-corrected chi connectivity index (χ4v) is 8.65. The molecule has 0 amide bonds. The van der Waals surface area contributed by atoms with E-state index in [0.717, 1.165) is 72.1 Å². The van der Waals surface area contributed by atoms with Gasteiger partial charge in [0.15, 0.2) is 17.5 Å². The smallest absolute Gasteiger partial charge is 0.164 e. The van der Waals surface area contributed by atoms with Crippen molar-refractivity contribution in [2.75, 3.05) is 0 Å². The molecule has 0 saturated heterocycles. The van der Waals surface area contributed by atoms with Crippen molar-refractivity contribution in [3.8, 4) is 51.0 Å². The van der Waals surface area contributed by atoms with Gasteiger partial charge >= 0.3 is 0 Å². The van der Waals surface area contributed by atoms with E-state index in [2.05, 4.69) is 142 Å². The van der Waals surface area contributed by atoms with E-state index in [1.165, 1.54) is 21.5 Å². The van der Waals surface area contributed by atoms with Gasteiger partial charge in [0.2, 0.25) is 0 Å². The molecule has 4 aromatic heterocycles. The van der Waals surface area contributed by atoms with Crippen LogP contribution in [-0.2, 0) is 0 Å². The van der Waals surface area contributed by atoms with E-state index in [1.54, 1.807) is 0 Å². The molecule has 0 N–H and O–H groups in total. The Labute approximate surface area is 333 Å². The molecule has 0 aliphatic heterocycles. The molecule has 8 aromatic carbocycles. The maximum absolute atomic E-state index is 5.14. The summed E-state index contributed by atoms with van der Waals surface area (Å²) in [7, 11) is 0. The Bertz CT molecular complexity index is 3510. The summed E-state index contributed by atoms with van der Waals surface area (Å²) in [5.41, 5.74) is 12.6. The zero-order chi connectivity index (χ0) is 38.2. The zero-order valence-electron chi connectivity index (χ0n) is 31.2. The van der Waals surface area contributed by atoms with Crippen LogP contribution < -0.4 is 0 Å². The van der Waals surface area contributed by atoms with Gasteiger partial charge < -0.3 is 4.57 Å². The molecular weight excluding hydrogens is 709 g/mol. The van der Waals surface area contributed by atoms with Gasteiger partial charge in [0.25, 0.3) is 0 Å². The number of hydrogen-bond donors (Lipinski definition) is 0. The van der Waals surface area contributed by atoms with Crippen molar-refractivity contribution in [3.63, 3.8) is 0 Å². The second-order valence-corrected chi connectivity index (χ2v) is 14.7. The predicted molar refractivity (Wildman–Crippen MR) is 237 cm³/mol. The van der Waals surface area contributed by atoms with Gasteiger partial charge in [-0.1, -0.05) is 146 Å². The van der Waals surface area contributed by atoms with Gasteiger partial charge in [0.1, 0.15) is 5.65 Å². The lowest BCUT2D eigenvalue weighted by Crippen LogP contribution is -2.00. The predicted octanol–water partition coefficient (Wildman–Crippen LogP) is 12.7. The van der Waals surface area contributed by atoms with Crippen molar-refractivity contribution in [1.82, 2.24) is 28.9 Å². The summed E-state index contributed by atoms with van der Waals surface area (Å²) < 4.78 is 4.75. The third-order valence-corrected chi connectivity index (χ3v) is 11.3. The van der Waals surface area contributed by atoms with E-state index in [9.17, 15) is 0 Å². The highest BCUT2D eigenvalue weighted by atomic mass is 15.0. The standard InChI is InChI=1S/C52H32N6/c1-3-15-33(16-4-1)49-54-50(34-17-5-2-6-18-34)56-51(55-49)37-21-13-19-35(29-37)36-20-14-22-38(30-36)57-45-27-11-9-24-40(45)43-32-48-42(31-47(43)57)39-23-7-8-25-41(39)52-53-44-26-10-12-28-46(44)58(48)52/h1-32H. The normalized spacial score (nSPS) is 11.8. The van der Waals surface area contributed by atoms with Crippen LogP contribution in [0.5, 0.6) is 0 Å². The van der Waals surface area contributed by atoms with Gasteiger partial charge in [-0.15, -0.1) is 0 Å². The van der Waals surface area contributed by atoms with Crippen LogP contribution in [-0.4, -0.2) is 28.9 Å². The number of aromatic nitrogens is 6. The maximum atomic E-state index is 5.14. The highest BCUT2D eigenvalue weighted by Crippen LogP contribution is 2.40. The summed E-state index contributed by atoms with van der Waals surface area (Å²) in [6, 6.07) is 68.1. The quantitative estimate of drug-likeness (QED) is 0.165. The first kappa shape index (κ1) is 32.3. The van der Waals surface area contributed by atoms with Crippen molar-refractivity contribution in [3.05, 3.63) is 194 Å². The van der Waals surface area contributed by atoms with Crippen molar-refractivity contribution in [2.24, 2.45) is 0 Å². The van der Waals surface area contributed by atoms with E-state index in [4.69, 9.17) is 19.9 Å². The van der Waals surface area contributed by atoms with Crippen LogP contribution >= 0.6 is 0 Å². The number of pyridine rings is 1. The average Bonchev–Trinajstić information content (AvgIpc) is 3.85. The van der Waals surface area contributed by atoms with E-state index in [0.29, 0.717) is 17.5 Å². The molecule has 0 aliphatic rings. The third kappa shape index (κ3) is 5.05. The summed E-state index contributed by atoms with van der Waals surface area (Å²) in [5.74, 6) is 1.92. The van der Waals surface area contributed by atoms with E-state index < -0.39 is 0 Å². The van der Waals surface area contributed by atoms with Gasteiger partial charge in [-0.25, -0.2) is 19.9 Å². The molecule has 0 bridgehead atoms. The molecule has 6 nitrogen and oxygen atoms in total. The number of nitrogens with zero attached hydrogens (tertiary/aromatic N) is 6. The highest BCUT2D eigenvalue weighted by molar-refractivity contribution is 6.20. The Hall–Kier alpha value is -7.96. The average molecular weight is 741 g/mol. The number of imidazole rings is 1. The minimum Gasteiger partial charge on any atom is -0.309 e. The molecule has 0 spiro atoms. The van der Waals surface area contributed by atoms with E-state index >= 15 is 0 Å². The molecule has 0 fully saturated rings. The molecule has 12 rings (SSSR count). The number of fused-ring (bicyclic) bond motifs is 11. The lowest BCUT2D eigenvalue weighted by atomic mass is 10.0. The van der Waals surface area contributed by atoms with Crippen molar-refractivity contribution in [1.29, 1.82) is 0 Å². The van der Waals surface area contributed by atoms with Crippen LogP contribution in [0, 0.1) is 0 Å². The van der Waals surface area contributed by atoms with Crippen LogP contribution in [0.25, 0.3) is 111 Å². The van der Waals surface area contributed by atoms with Gasteiger partial charge in [0, 0.05) is 43.9 Å². The Morgan fingerprint density at radius 2 is 0.810 bits per heavy atom. The molecule has 12 aromatic rings. The molecule has 0 aliphatic carbocycles. The fourth-order valence-electron chi connectivity index (χ4n) is 8.65. The second kappa shape index (κ2) is 12.8. The van der Waals surface area contributed by atoms with Crippen LogP contribution in [0.15, 0.2) is 194 Å². The second-order valence-electron chi connectivity index (χ2n) is 14.7. The van der Waals surface area contributed by atoms with Crippen molar-refractivity contribution >= 4 is 60.2 Å². The van der Waals surface area contributed by atoms with E-state index in [1.807, 2.05) is 60.7 Å². The summed E-state index contributed by atoms with van der Waals surface area (Å²) in [4.78, 5) is 20.1. The van der Waals surface area contributed by atoms with Crippen molar-refractivity contribution < 1.29 is 0 Å². The van der Waals surface area contributed by atoms with Crippen LogP contribution in [0.4, 0.5) is 0 Å².